The standard InChI is InChI=1S/C14H15BrN2/c1-9-3-10(2)5-11(4-9)14(16)12-6-13(15)8-17-7-12/h3-8,14H,16H2,1-2H3. The average Bonchev–Trinajstić information content (AvgIpc) is 2.26. The van der Waals surface area contributed by atoms with E-state index in [4.69, 9.17) is 5.73 Å². The van der Waals surface area contributed by atoms with Gasteiger partial charge in [-0.15, -0.1) is 0 Å². The predicted octanol–water partition coefficient (Wildman–Crippen LogP) is 3.51. The van der Waals surface area contributed by atoms with Gasteiger partial charge in [0.1, 0.15) is 0 Å². The van der Waals surface area contributed by atoms with Crippen LogP contribution in [0.1, 0.15) is 28.3 Å². The van der Waals surface area contributed by atoms with E-state index in [9.17, 15) is 0 Å². The van der Waals surface area contributed by atoms with Crippen LogP contribution in [-0.4, -0.2) is 4.98 Å². The Morgan fingerprint density at radius 3 is 2.24 bits per heavy atom. The van der Waals surface area contributed by atoms with Gasteiger partial charge in [-0.3, -0.25) is 4.98 Å². The lowest BCUT2D eigenvalue weighted by atomic mass is 9.97. The van der Waals surface area contributed by atoms with Gasteiger partial charge in [-0.2, -0.15) is 0 Å². The summed E-state index contributed by atoms with van der Waals surface area (Å²) in [5, 5.41) is 0. The molecule has 3 heteroatoms. The highest BCUT2D eigenvalue weighted by molar-refractivity contribution is 9.10. The van der Waals surface area contributed by atoms with Gasteiger partial charge in [0.05, 0.1) is 6.04 Å². The van der Waals surface area contributed by atoms with Gasteiger partial charge in [-0.25, -0.2) is 0 Å². The Balaban J connectivity index is 2.39. The van der Waals surface area contributed by atoms with Gasteiger partial charge in [0.25, 0.3) is 0 Å². The zero-order valence-corrected chi connectivity index (χ0v) is 11.5. The molecule has 1 unspecified atom stereocenters. The normalized spacial score (nSPS) is 12.5. The lowest BCUT2D eigenvalue weighted by Crippen LogP contribution is -2.12. The lowest BCUT2D eigenvalue weighted by Gasteiger charge is -2.14. The summed E-state index contributed by atoms with van der Waals surface area (Å²) in [6.45, 7) is 4.17. The largest absolute Gasteiger partial charge is 0.320 e. The van der Waals surface area contributed by atoms with Crippen LogP contribution in [0.15, 0.2) is 41.1 Å². The van der Waals surface area contributed by atoms with Crippen LogP contribution in [0, 0.1) is 13.8 Å². The first-order valence-corrected chi connectivity index (χ1v) is 6.30. The Bertz CT molecular complexity index is 517. The molecule has 1 heterocycles. The zero-order chi connectivity index (χ0) is 12.4. The number of hydrogen-bond acceptors (Lipinski definition) is 2. The van der Waals surface area contributed by atoms with E-state index in [0.29, 0.717) is 0 Å². The van der Waals surface area contributed by atoms with Gasteiger partial charge in [-0.05, 0) is 47.0 Å². The minimum absolute atomic E-state index is 0.126. The molecule has 2 N–H and O–H groups in total. The van der Waals surface area contributed by atoms with Crippen molar-refractivity contribution in [2.45, 2.75) is 19.9 Å². The van der Waals surface area contributed by atoms with Crippen LogP contribution < -0.4 is 5.73 Å². The topological polar surface area (TPSA) is 38.9 Å². The molecule has 2 nitrogen and oxygen atoms in total. The Kier molecular flexibility index (Phi) is 3.60. The molecular formula is C14H15BrN2. The van der Waals surface area contributed by atoms with Crippen molar-refractivity contribution in [1.82, 2.24) is 4.98 Å². The number of rotatable bonds is 2. The van der Waals surface area contributed by atoms with Gasteiger partial charge in [0.15, 0.2) is 0 Å². The molecule has 0 fully saturated rings. The molecule has 2 rings (SSSR count). The highest BCUT2D eigenvalue weighted by atomic mass is 79.9. The molecular weight excluding hydrogens is 276 g/mol. The Hall–Kier alpha value is -1.19. The van der Waals surface area contributed by atoms with Crippen LogP contribution in [0.25, 0.3) is 0 Å². The molecule has 88 valence electrons. The van der Waals surface area contributed by atoms with Crippen LogP contribution in [-0.2, 0) is 0 Å². The Morgan fingerprint density at radius 2 is 1.65 bits per heavy atom. The quantitative estimate of drug-likeness (QED) is 0.919. The average molecular weight is 291 g/mol. The number of pyridine rings is 1. The van der Waals surface area contributed by atoms with Crippen molar-refractivity contribution in [3.63, 3.8) is 0 Å². The van der Waals surface area contributed by atoms with E-state index in [1.54, 1.807) is 6.20 Å². The summed E-state index contributed by atoms with van der Waals surface area (Å²) >= 11 is 3.41. The summed E-state index contributed by atoms with van der Waals surface area (Å²) in [6, 6.07) is 8.28. The zero-order valence-electron chi connectivity index (χ0n) is 9.94. The molecule has 0 aliphatic heterocycles. The van der Waals surface area contributed by atoms with Gasteiger partial charge in [0, 0.05) is 16.9 Å². The monoisotopic (exact) mass is 290 g/mol. The molecule has 0 bridgehead atoms. The summed E-state index contributed by atoms with van der Waals surface area (Å²) in [7, 11) is 0. The molecule has 2 aromatic rings. The van der Waals surface area contributed by atoms with Crippen molar-refractivity contribution in [1.29, 1.82) is 0 Å². The van der Waals surface area contributed by atoms with Crippen LogP contribution >= 0.6 is 15.9 Å². The van der Waals surface area contributed by atoms with E-state index in [-0.39, 0.29) is 6.04 Å². The molecule has 1 aromatic heterocycles. The number of aryl methyl sites for hydroxylation is 2. The van der Waals surface area contributed by atoms with Crippen molar-refractivity contribution >= 4 is 15.9 Å². The van der Waals surface area contributed by atoms with Crippen LogP contribution in [0.3, 0.4) is 0 Å². The molecule has 0 aliphatic rings. The Morgan fingerprint density at radius 1 is 1.00 bits per heavy atom. The van der Waals surface area contributed by atoms with E-state index in [1.165, 1.54) is 11.1 Å². The number of benzene rings is 1. The minimum atomic E-state index is -0.126. The summed E-state index contributed by atoms with van der Waals surface area (Å²) in [5.74, 6) is 0. The smallest absolute Gasteiger partial charge is 0.0567 e. The predicted molar refractivity (Wildman–Crippen MR) is 73.9 cm³/mol. The maximum atomic E-state index is 6.26. The van der Waals surface area contributed by atoms with Crippen molar-refractivity contribution in [3.8, 4) is 0 Å². The maximum absolute atomic E-state index is 6.26. The van der Waals surface area contributed by atoms with Crippen LogP contribution in [0.2, 0.25) is 0 Å². The second kappa shape index (κ2) is 4.98. The molecule has 0 saturated carbocycles. The second-order valence-corrected chi connectivity index (χ2v) is 5.25. The summed E-state index contributed by atoms with van der Waals surface area (Å²) < 4.78 is 0.954. The molecule has 1 aromatic carbocycles. The summed E-state index contributed by atoms with van der Waals surface area (Å²) in [5.41, 5.74) is 10.9. The molecule has 0 radical (unpaired) electrons. The summed E-state index contributed by atoms with van der Waals surface area (Å²) in [4.78, 5) is 4.15. The van der Waals surface area contributed by atoms with E-state index >= 15 is 0 Å². The van der Waals surface area contributed by atoms with E-state index in [2.05, 4.69) is 53.0 Å². The maximum Gasteiger partial charge on any atom is 0.0567 e. The van der Waals surface area contributed by atoms with Gasteiger partial charge in [0.2, 0.25) is 0 Å². The van der Waals surface area contributed by atoms with Gasteiger partial charge >= 0.3 is 0 Å². The third-order valence-electron chi connectivity index (χ3n) is 2.69. The lowest BCUT2D eigenvalue weighted by molar-refractivity contribution is 0.858. The number of halogens is 1. The highest BCUT2D eigenvalue weighted by Gasteiger charge is 2.10. The SMILES string of the molecule is Cc1cc(C)cc(C(N)c2cncc(Br)c2)c1. The van der Waals surface area contributed by atoms with E-state index in [0.717, 1.165) is 15.6 Å². The van der Waals surface area contributed by atoms with Gasteiger partial charge < -0.3 is 5.73 Å². The number of aromatic nitrogens is 1. The van der Waals surface area contributed by atoms with Crippen molar-refractivity contribution < 1.29 is 0 Å². The van der Waals surface area contributed by atoms with Gasteiger partial charge in [-0.1, -0.05) is 29.3 Å². The molecule has 1 atom stereocenters. The van der Waals surface area contributed by atoms with Crippen LogP contribution in [0.5, 0.6) is 0 Å². The van der Waals surface area contributed by atoms with Crippen LogP contribution in [0.4, 0.5) is 0 Å². The first kappa shape index (κ1) is 12.3. The third kappa shape index (κ3) is 2.93. The van der Waals surface area contributed by atoms with Crippen molar-refractivity contribution in [2.75, 3.05) is 0 Å². The Labute approximate surface area is 110 Å². The molecule has 17 heavy (non-hydrogen) atoms. The number of nitrogens with zero attached hydrogens (tertiary/aromatic N) is 1. The number of hydrogen-bond donors (Lipinski definition) is 1. The highest BCUT2D eigenvalue weighted by Crippen LogP contribution is 2.23. The summed E-state index contributed by atoms with van der Waals surface area (Å²) in [6.07, 6.45) is 3.57. The van der Waals surface area contributed by atoms with E-state index < -0.39 is 0 Å². The van der Waals surface area contributed by atoms with Crippen molar-refractivity contribution in [2.24, 2.45) is 5.73 Å². The molecule has 0 saturated heterocycles. The molecule has 0 spiro atoms. The first-order chi connectivity index (χ1) is 8.06. The first-order valence-electron chi connectivity index (χ1n) is 5.50. The molecule has 0 aliphatic carbocycles. The molecule has 0 amide bonds. The fourth-order valence-electron chi connectivity index (χ4n) is 1.98. The van der Waals surface area contributed by atoms with Crippen molar-refractivity contribution in [3.05, 3.63) is 63.4 Å². The fourth-order valence-corrected chi connectivity index (χ4v) is 2.36. The third-order valence-corrected chi connectivity index (χ3v) is 3.12. The fraction of sp³-hybridized carbons (Fsp3) is 0.214. The number of nitrogens with two attached hydrogens (primary N) is 1. The second-order valence-electron chi connectivity index (χ2n) is 4.34. The minimum Gasteiger partial charge on any atom is -0.320 e. The van der Waals surface area contributed by atoms with E-state index in [1.807, 2.05) is 12.3 Å².